The Bertz CT molecular complexity index is 1500. The van der Waals surface area contributed by atoms with Crippen molar-refractivity contribution in [2.45, 2.75) is 39.3 Å². The van der Waals surface area contributed by atoms with Crippen LogP contribution >= 0.6 is 11.5 Å². The van der Waals surface area contributed by atoms with E-state index in [-0.39, 0.29) is 34.5 Å². The molecule has 0 bridgehead atoms. The van der Waals surface area contributed by atoms with Gasteiger partial charge in [-0.25, -0.2) is 4.39 Å². The van der Waals surface area contributed by atoms with Crippen LogP contribution in [0, 0.1) is 12.7 Å². The number of nitrogens with zero attached hydrogens (tertiary/aromatic N) is 2. The number of rotatable bonds is 9. The average Bonchev–Trinajstić information content (AvgIpc) is 3.51. The second-order valence-electron chi connectivity index (χ2n) is 9.25. The van der Waals surface area contributed by atoms with Gasteiger partial charge in [-0.1, -0.05) is 38.1 Å². The summed E-state index contributed by atoms with van der Waals surface area (Å²) in [5, 5.41) is 2.82. The lowest BCUT2D eigenvalue weighted by Gasteiger charge is -2.30. The Morgan fingerprint density at radius 3 is 2.26 bits per heavy atom. The van der Waals surface area contributed by atoms with E-state index >= 15 is 0 Å². The number of amides is 3. The lowest BCUT2D eigenvalue weighted by atomic mass is 10.0. The van der Waals surface area contributed by atoms with Crippen molar-refractivity contribution in [3.05, 3.63) is 99.7 Å². The maximum atomic E-state index is 14.1. The van der Waals surface area contributed by atoms with Crippen molar-refractivity contribution in [3.8, 4) is 0 Å². The summed E-state index contributed by atoms with van der Waals surface area (Å²) < 4.78 is 23.1. The van der Waals surface area contributed by atoms with Gasteiger partial charge >= 0.3 is 0 Å². The van der Waals surface area contributed by atoms with Crippen LogP contribution in [-0.2, 0) is 11.3 Å². The number of furan rings is 1. The van der Waals surface area contributed by atoms with E-state index in [9.17, 15) is 18.8 Å². The van der Waals surface area contributed by atoms with Crippen LogP contribution < -0.4 is 21.7 Å². The average molecular weight is 550 g/mol. The van der Waals surface area contributed by atoms with Crippen LogP contribution in [0.1, 0.15) is 68.6 Å². The summed E-state index contributed by atoms with van der Waals surface area (Å²) in [6.45, 7) is 5.89. The zero-order chi connectivity index (χ0) is 28.3. The van der Waals surface area contributed by atoms with E-state index in [4.69, 9.17) is 15.9 Å². The molecule has 202 valence electrons. The molecule has 0 aliphatic carbocycles. The number of nitrogens with one attached hydrogen (secondary N) is 1. The summed E-state index contributed by atoms with van der Waals surface area (Å²) in [5.41, 5.74) is 13.2. The summed E-state index contributed by atoms with van der Waals surface area (Å²) in [6.07, 6.45) is 0. The van der Waals surface area contributed by atoms with Crippen molar-refractivity contribution in [1.82, 2.24) is 9.69 Å². The van der Waals surface area contributed by atoms with Crippen LogP contribution in [-0.4, -0.2) is 22.1 Å². The van der Waals surface area contributed by atoms with Gasteiger partial charge < -0.3 is 21.2 Å². The molecular weight excluding hydrogens is 521 g/mol. The van der Waals surface area contributed by atoms with Gasteiger partial charge in [0.15, 0.2) is 11.7 Å². The van der Waals surface area contributed by atoms with Gasteiger partial charge in [-0.2, -0.15) is 4.37 Å². The molecule has 2 aromatic carbocycles. The quantitative estimate of drug-likeness (QED) is 0.276. The second kappa shape index (κ2) is 11.5. The molecule has 0 fully saturated rings. The number of benzene rings is 2. The Labute approximate surface area is 228 Å². The van der Waals surface area contributed by atoms with E-state index < -0.39 is 29.6 Å². The molecule has 39 heavy (non-hydrogen) atoms. The molecule has 0 spiro atoms. The van der Waals surface area contributed by atoms with Crippen LogP contribution in [0.4, 0.5) is 15.8 Å². The Morgan fingerprint density at radius 1 is 1.05 bits per heavy atom. The number of carbonyl (C=O) groups is 3. The third-order valence-corrected chi connectivity index (χ3v) is 6.98. The van der Waals surface area contributed by atoms with Gasteiger partial charge in [0, 0.05) is 12.2 Å². The molecule has 2 aromatic heterocycles. The third-order valence-electron chi connectivity index (χ3n) is 6.13. The predicted molar refractivity (Wildman–Crippen MR) is 147 cm³/mol. The van der Waals surface area contributed by atoms with Gasteiger partial charge in [0.2, 0.25) is 0 Å². The van der Waals surface area contributed by atoms with Gasteiger partial charge in [0.05, 0.1) is 5.69 Å². The first-order valence-corrected chi connectivity index (χ1v) is 12.9. The Morgan fingerprint density at radius 2 is 1.72 bits per heavy atom. The summed E-state index contributed by atoms with van der Waals surface area (Å²) in [5.74, 6) is -1.49. The van der Waals surface area contributed by atoms with E-state index in [0.29, 0.717) is 17.0 Å². The SMILES string of the molecule is Cc1ccc([C@@H](C(=O)NCc2ccc(F)cc2)N(C(=O)c2snc(C(N)=O)c2N)c2ccc(C(C)C)cc2)o1. The number of primary amides is 1. The number of aromatic nitrogens is 1. The highest BCUT2D eigenvalue weighted by molar-refractivity contribution is 7.09. The van der Waals surface area contributed by atoms with Crippen molar-refractivity contribution in [1.29, 1.82) is 0 Å². The highest BCUT2D eigenvalue weighted by Gasteiger charge is 2.37. The predicted octanol–water partition coefficient (Wildman–Crippen LogP) is 4.69. The van der Waals surface area contributed by atoms with Gasteiger partial charge in [0.1, 0.15) is 22.2 Å². The summed E-state index contributed by atoms with van der Waals surface area (Å²) >= 11 is 0.720. The fourth-order valence-electron chi connectivity index (χ4n) is 4.00. The van der Waals surface area contributed by atoms with Crippen LogP contribution in [0.3, 0.4) is 0 Å². The minimum atomic E-state index is -1.25. The lowest BCUT2D eigenvalue weighted by Crippen LogP contribution is -2.43. The molecule has 0 aliphatic heterocycles. The summed E-state index contributed by atoms with van der Waals surface area (Å²) in [6, 6.07) is 14.9. The minimum absolute atomic E-state index is 0.0450. The van der Waals surface area contributed by atoms with Gasteiger partial charge in [-0.3, -0.25) is 19.3 Å². The molecular formula is C28H28FN5O4S. The molecule has 0 saturated heterocycles. The van der Waals surface area contributed by atoms with Gasteiger partial charge in [0.25, 0.3) is 17.7 Å². The van der Waals surface area contributed by atoms with Crippen molar-refractivity contribution in [2.24, 2.45) is 5.73 Å². The van der Waals surface area contributed by atoms with E-state index in [2.05, 4.69) is 9.69 Å². The number of hydrogen-bond donors (Lipinski definition) is 3. The zero-order valence-corrected chi connectivity index (χ0v) is 22.4. The number of halogens is 1. The number of hydrogen-bond acceptors (Lipinski definition) is 7. The van der Waals surface area contributed by atoms with Crippen molar-refractivity contribution >= 4 is 40.6 Å². The van der Waals surface area contributed by atoms with Crippen LogP contribution in [0.25, 0.3) is 0 Å². The molecule has 9 nitrogen and oxygen atoms in total. The number of nitrogen functional groups attached to an aromatic ring is 1. The molecule has 11 heteroatoms. The number of carbonyl (C=O) groups excluding carboxylic acids is 3. The van der Waals surface area contributed by atoms with Crippen molar-refractivity contribution < 1.29 is 23.2 Å². The minimum Gasteiger partial charge on any atom is -0.464 e. The molecule has 2 heterocycles. The number of nitrogens with two attached hydrogens (primary N) is 2. The maximum Gasteiger partial charge on any atom is 0.273 e. The van der Waals surface area contributed by atoms with E-state index in [1.165, 1.54) is 17.0 Å². The third kappa shape index (κ3) is 5.99. The highest BCUT2D eigenvalue weighted by Crippen LogP contribution is 2.34. The monoisotopic (exact) mass is 549 g/mol. The molecule has 0 unspecified atom stereocenters. The molecule has 4 aromatic rings. The molecule has 3 amide bonds. The molecule has 5 N–H and O–H groups in total. The van der Waals surface area contributed by atoms with E-state index in [1.807, 2.05) is 26.0 Å². The number of anilines is 2. The first kappa shape index (κ1) is 27.5. The highest BCUT2D eigenvalue weighted by atomic mass is 32.1. The lowest BCUT2D eigenvalue weighted by molar-refractivity contribution is -0.123. The number of aryl methyl sites for hydroxylation is 1. The van der Waals surface area contributed by atoms with Gasteiger partial charge in [-0.15, -0.1) is 0 Å². The normalized spacial score (nSPS) is 11.8. The fourth-order valence-corrected chi connectivity index (χ4v) is 4.75. The largest absolute Gasteiger partial charge is 0.464 e. The van der Waals surface area contributed by atoms with E-state index in [1.54, 1.807) is 43.3 Å². The zero-order valence-electron chi connectivity index (χ0n) is 21.6. The molecule has 0 aliphatic rings. The van der Waals surface area contributed by atoms with Crippen molar-refractivity contribution in [2.75, 3.05) is 10.6 Å². The molecule has 0 saturated carbocycles. The first-order chi connectivity index (χ1) is 18.6. The second-order valence-corrected chi connectivity index (χ2v) is 10.0. The van der Waals surface area contributed by atoms with Crippen LogP contribution in [0.2, 0.25) is 0 Å². The van der Waals surface area contributed by atoms with E-state index in [0.717, 1.165) is 17.1 Å². The smallest absolute Gasteiger partial charge is 0.273 e. The fraction of sp³-hybridized carbons (Fsp3) is 0.214. The van der Waals surface area contributed by atoms with Gasteiger partial charge in [-0.05, 0) is 71.9 Å². The van der Waals surface area contributed by atoms with Crippen LogP contribution in [0.5, 0.6) is 0 Å². The molecule has 1 atom stereocenters. The maximum absolute atomic E-state index is 14.1. The Balaban J connectivity index is 1.80. The Kier molecular flexibility index (Phi) is 8.10. The molecule has 0 radical (unpaired) electrons. The molecule has 4 rings (SSSR count). The van der Waals surface area contributed by atoms with Crippen LogP contribution in [0.15, 0.2) is 65.1 Å². The Hall–Kier alpha value is -4.51. The summed E-state index contributed by atoms with van der Waals surface area (Å²) in [4.78, 5) is 40.8. The topological polar surface area (TPSA) is 145 Å². The first-order valence-electron chi connectivity index (χ1n) is 12.1. The van der Waals surface area contributed by atoms with Crippen molar-refractivity contribution in [3.63, 3.8) is 0 Å². The standard InChI is InChI=1S/C28H28FN5O4S/c1-15(2)18-7-11-20(12-8-18)34(28(37)25-22(30)23(26(31)35)33-39-25)24(21-13-4-16(3)38-21)27(36)32-14-17-5-9-19(29)10-6-17/h4-13,15,24H,14,30H2,1-3H3,(H2,31,35)(H,32,36)/t24-/m0/s1. The summed E-state index contributed by atoms with van der Waals surface area (Å²) in [7, 11) is 0.